The first kappa shape index (κ1) is 17.5. The van der Waals surface area contributed by atoms with Crippen LogP contribution in [0.5, 0.6) is 5.75 Å². The number of esters is 1. The number of aryl methyl sites for hydroxylation is 1. The molecule has 2 N–H and O–H groups in total. The van der Waals surface area contributed by atoms with Crippen LogP contribution in [-0.2, 0) is 16.1 Å². The van der Waals surface area contributed by atoms with Crippen molar-refractivity contribution in [2.75, 3.05) is 19.7 Å². The predicted octanol–water partition coefficient (Wildman–Crippen LogP) is 1.17. The van der Waals surface area contributed by atoms with Gasteiger partial charge in [0.15, 0.2) is 0 Å². The van der Waals surface area contributed by atoms with Crippen LogP contribution in [0.4, 0.5) is 0 Å². The van der Waals surface area contributed by atoms with Gasteiger partial charge >= 0.3 is 11.6 Å². The van der Waals surface area contributed by atoms with Crippen molar-refractivity contribution in [1.82, 2.24) is 0 Å². The van der Waals surface area contributed by atoms with E-state index in [2.05, 4.69) is 0 Å². The second kappa shape index (κ2) is 7.27. The lowest BCUT2D eigenvalue weighted by Gasteiger charge is -2.28. The summed E-state index contributed by atoms with van der Waals surface area (Å²) in [5.41, 5.74) is 1.46. The number of phenols is 1. The van der Waals surface area contributed by atoms with E-state index < -0.39 is 5.63 Å². The molecule has 0 radical (unpaired) electrons. The van der Waals surface area contributed by atoms with Crippen molar-refractivity contribution in [3.05, 3.63) is 39.7 Å². The molecule has 6 heteroatoms. The molecule has 1 aromatic heterocycles. The number of rotatable bonds is 4. The first-order valence-electron chi connectivity index (χ1n) is 8.75. The summed E-state index contributed by atoms with van der Waals surface area (Å²) in [7, 11) is 0. The van der Waals surface area contributed by atoms with Gasteiger partial charge < -0.3 is 19.2 Å². The van der Waals surface area contributed by atoms with Gasteiger partial charge in [-0.3, -0.25) is 4.79 Å². The van der Waals surface area contributed by atoms with E-state index in [-0.39, 0.29) is 17.6 Å². The van der Waals surface area contributed by atoms with E-state index in [1.807, 2.05) is 6.92 Å². The Morgan fingerprint density at radius 3 is 3.00 bits per heavy atom. The Kier molecular flexibility index (Phi) is 5.08. The number of quaternary nitrogens is 1. The fourth-order valence-corrected chi connectivity index (χ4v) is 3.60. The fraction of sp³-hybridized carbons (Fsp3) is 0.474. The maximum atomic E-state index is 12.0. The Balaban J connectivity index is 1.86. The van der Waals surface area contributed by atoms with Crippen LogP contribution in [-0.4, -0.2) is 30.8 Å². The average molecular weight is 346 g/mol. The van der Waals surface area contributed by atoms with Crippen molar-refractivity contribution in [3.63, 3.8) is 0 Å². The van der Waals surface area contributed by atoms with E-state index in [4.69, 9.17) is 9.15 Å². The lowest BCUT2D eigenvalue weighted by atomic mass is 9.97. The Morgan fingerprint density at radius 2 is 2.24 bits per heavy atom. The van der Waals surface area contributed by atoms with E-state index >= 15 is 0 Å². The molecule has 1 aliphatic heterocycles. The minimum absolute atomic E-state index is 0.0825. The van der Waals surface area contributed by atoms with Crippen LogP contribution in [0.1, 0.15) is 30.9 Å². The van der Waals surface area contributed by atoms with Crippen LogP contribution in [0.3, 0.4) is 0 Å². The van der Waals surface area contributed by atoms with Crippen molar-refractivity contribution < 1.29 is 24.0 Å². The van der Waals surface area contributed by atoms with Crippen molar-refractivity contribution in [1.29, 1.82) is 0 Å². The molecule has 134 valence electrons. The Bertz CT molecular complexity index is 842. The van der Waals surface area contributed by atoms with Gasteiger partial charge in [0.05, 0.1) is 19.7 Å². The standard InChI is InChI=1S/C19H23NO5/c1-3-24-19(23)13-5-4-8-20(10-13)11-14-9-17(22)25-18-12(2)16(21)7-6-15(14)18/h6-7,9,13,21H,3-5,8,10-11H2,1-2H3/p+1/t13-/m1/s1. The first-order valence-corrected chi connectivity index (χ1v) is 8.75. The number of phenolic OH excluding ortho intramolecular Hbond substituents is 1. The number of hydrogen-bond acceptors (Lipinski definition) is 5. The minimum atomic E-state index is -0.422. The molecule has 3 rings (SSSR count). The SMILES string of the molecule is CCOC(=O)[C@@H]1CCC[NH+](Cc2cc(=O)oc3c(C)c(O)ccc23)C1. The molecule has 1 unspecified atom stereocenters. The summed E-state index contributed by atoms with van der Waals surface area (Å²) in [6.45, 7) is 6.25. The van der Waals surface area contributed by atoms with Gasteiger partial charge in [-0.1, -0.05) is 0 Å². The first-order chi connectivity index (χ1) is 12.0. The topological polar surface area (TPSA) is 81.2 Å². The molecule has 2 aromatic rings. The molecular formula is C19H24NO5+. The van der Waals surface area contributed by atoms with Crippen LogP contribution in [0, 0.1) is 12.8 Å². The zero-order valence-electron chi connectivity index (χ0n) is 14.6. The predicted molar refractivity (Wildman–Crippen MR) is 92.6 cm³/mol. The number of piperidine rings is 1. The molecule has 2 heterocycles. The van der Waals surface area contributed by atoms with Crippen molar-refractivity contribution in [2.45, 2.75) is 33.2 Å². The number of nitrogens with one attached hydrogen (secondary N) is 1. The molecule has 2 atom stereocenters. The molecule has 0 saturated carbocycles. The van der Waals surface area contributed by atoms with Crippen LogP contribution < -0.4 is 10.5 Å². The highest BCUT2D eigenvalue weighted by atomic mass is 16.5. The van der Waals surface area contributed by atoms with Gasteiger partial charge in [0.1, 0.15) is 23.8 Å². The van der Waals surface area contributed by atoms with E-state index in [0.29, 0.717) is 30.8 Å². The highest BCUT2D eigenvalue weighted by Gasteiger charge is 2.30. The molecule has 0 amide bonds. The summed E-state index contributed by atoms with van der Waals surface area (Å²) >= 11 is 0. The van der Waals surface area contributed by atoms with E-state index in [1.54, 1.807) is 19.1 Å². The molecule has 25 heavy (non-hydrogen) atoms. The zero-order chi connectivity index (χ0) is 18.0. The van der Waals surface area contributed by atoms with Gasteiger partial charge in [-0.15, -0.1) is 0 Å². The molecular weight excluding hydrogens is 322 g/mol. The van der Waals surface area contributed by atoms with Gasteiger partial charge in [0, 0.05) is 22.6 Å². The molecule has 1 saturated heterocycles. The minimum Gasteiger partial charge on any atom is -0.508 e. The molecule has 0 spiro atoms. The molecule has 6 nitrogen and oxygen atoms in total. The third-order valence-electron chi connectivity index (χ3n) is 4.90. The number of fused-ring (bicyclic) bond motifs is 1. The molecule has 1 aromatic carbocycles. The van der Waals surface area contributed by atoms with Crippen molar-refractivity contribution in [3.8, 4) is 5.75 Å². The number of benzene rings is 1. The monoisotopic (exact) mass is 346 g/mol. The van der Waals surface area contributed by atoms with E-state index in [9.17, 15) is 14.7 Å². The average Bonchev–Trinajstić information content (AvgIpc) is 2.59. The normalized spacial score (nSPS) is 20.6. The van der Waals surface area contributed by atoms with E-state index in [0.717, 1.165) is 30.3 Å². The fourth-order valence-electron chi connectivity index (χ4n) is 3.60. The highest BCUT2D eigenvalue weighted by Crippen LogP contribution is 2.27. The third kappa shape index (κ3) is 3.69. The van der Waals surface area contributed by atoms with Crippen LogP contribution >= 0.6 is 0 Å². The van der Waals surface area contributed by atoms with Gasteiger partial charge in [0.2, 0.25) is 0 Å². The van der Waals surface area contributed by atoms with Crippen LogP contribution in [0.25, 0.3) is 11.0 Å². The van der Waals surface area contributed by atoms with Gasteiger partial charge in [-0.05, 0) is 38.8 Å². The summed E-state index contributed by atoms with van der Waals surface area (Å²) in [5.74, 6) is -0.0979. The summed E-state index contributed by atoms with van der Waals surface area (Å²) < 4.78 is 10.4. The Hall–Kier alpha value is -2.34. The summed E-state index contributed by atoms with van der Waals surface area (Å²) in [6, 6.07) is 4.91. The largest absolute Gasteiger partial charge is 0.508 e. The highest BCUT2D eigenvalue weighted by molar-refractivity contribution is 5.84. The molecule has 1 fully saturated rings. The zero-order valence-corrected chi connectivity index (χ0v) is 14.6. The second-order valence-electron chi connectivity index (χ2n) is 6.65. The number of likely N-dealkylation sites (tertiary alicyclic amines) is 1. The molecule has 0 bridgehead atoms. The lowest BCUT2D eigenvalue weighted by molar-refractivity contribution is -0.921. The second-order valence-corrected chi connectivity index (χ2v) is 6.65. The van der Waals surface area contributed by atoms with Crippen LogP contribution in [0.15, 0.2) is 27.4 Å². The smallest absolute Gasteiger partial charge is 0.336 e. The van der Waals surface area contributed by atoms with Crippen molar-refractivity contribution >= 4 is 16.9 Å². The summed E-state index contributed by atoms with van der Waals surface area (Å²) in [6.07, 6.45) is 1.81. The summed E-state index contributed by atoms with van der Waals surface area (Å²) in [4.78, 5) is 25.2. The Labute approximate surface area is 146 Å². The quantitative estimate of drug-likeness (QED) is 0.641. The van der Waals surface area contributed by atoms with Crippen molar-refractivity contribution in [2.24, 2.45) is 5.92 Å². The Morgan fingerprint density at radius 1 is 1.44 bits per heavy atom. The van der Waals surface area contributed by atoms with E-state index in [1.165, 1.54) is 11.0 Å². The van der Waals surface area contributed by atoms with Gasteiger partial charge in [-0.25, -0.2) is 4.79 Å². The number of aromatic hydroxyl groups is 1. The number of carbonyl (C=O) groups excluding carboxylic acids is 1. The third-order valence-corrected chi connectivity index (χ3v) is 4.90. The molecule has 1 aliphatic rings. The molecule has 0 aliphatic carbocycles. The summed E-state index contributed by atoms with van der Waals surface area (Å²) in [5, 5.41) is 10.7. The van der Waals surface area contributed by atoms with Crippen LogP contribution in [0.2, 0.25) is 0 Å². The van der Waals surface area contributed by atoms with Gasteiger partial charge in [0.25, 0.3) is 0 Å². The number of ether oxygens (including phenoxy) is 1. The maximum Gasteiger partial charge on any atom is 0.336 e. The lowest BCUT2D eigenvalue weighted by Crippen LogP contribution is -3.12. The van der Waals surface area contributed by atoms with Gasteiger partial charge in [-0.2, -0.15) is 0 Å². The number of carbonyl (C=O) groups is 1. The maximum absolute atomic E-state index is 12.0. The number of hydrogen-bond donors (Lipinski definition) is 2.